The molecular weight excluding hydrogens is 302 g/mol. The van der Waals surface area contributed by atoms with Crippen LogP contribution >= 0.6 is 11.3 Å². The minimum atomic E-state index is -1.10. The lowest BCUT2D eigenvalue weighted by Crippen LogP contribution is -2.43. The Morgan fingerprint density at radius 1 is 1.41 bits per heavy atom. The molecule has 120 valence electrons. The number of amides is 1. The van der Waals surface area contributed by atoms with E-state index in [0.717, 1.165) is 4.88 Å². The predicted molar refractivity (Wildman–Crippen MR) is 87.9 cm³/mol. The molecule has 1 amide bonds. The summed E-state index contributed by atoms with van der Waals surface area (Å²) in [7, 11) is 0. The van der Waals surface area contributed by atoms with Crippen molar-refractivity contribution in [3.05, 3.63) is 40.6 Å². The zero-order valence-electron chi connectivity index (χ0n) is 12.9. The number of allylic oxidation sites excluding steroid dienone is 2. The lowest BCUT2D eigenvalue weighted by molar-refractivity contribution is -0.139. The zero-order valence-corrected chi connectivity index (χ0v) is 13.7. The maximum absolute atomic E-state index is 11.6. The van der Waals surface area contributed by atoms with E-state index < -0.39 is 23.7 Å². The monoisotopic (exact) mass is 323 g/mol. The molecule has 5 nitrogen and oxygen atoms in total. The number of carbonyl (C=O) groups is 2. The van der Waals surface area contributed by atoms with Gasteiger partial charge in [0.15, 0.2) is 0 Å². The second-order valence-electron chi connectivity index (χ2n) is 5.58. The third-order valence-electron chi connectivity index (χ3n) is 2.41. The molecule has 0 aliphatic carbocycles. The lowest BCUT2D eigenvalue weighted by Gasteiger charge is -2.21. The fourth-order valence-electron chi connectivity index (χ4n) is 1.50. The van der Waals surface area contributed by atoms with Crippen molar-refractivity contribution < 1.29 is 19.4 Å². The van der Waals surface area contributed by atoms with Gasteiger partial charge in [-0.25, -0.2) is 9.59 Å². The highest BCUT2D eigenvalue weighted by Crippen LogP contribution is 2.10. The van der Waals surface area contributed by atoms with E-state index in [9.17, 15) is 9.59 Å². The van der Waals surface area contributed by atoms with E-state index in [4.69, 9.17) is 9.84 Å². The second kappa shape index (κ2) is 8.38. The first-order valence-electron chi connectivity index (χ1n) is 6.87. The SMILES string of the molecule is CC(C)(C)OC(=O)N[C@@H](C/C=C/C=C/c1cccs1)C(=O)O. The molecular formula is C16H21NO4S. The molecule has 1 aromatic heterocycles. The molecule has 2 N–H and O–H groups in total. The van der Waals surface area contributed by atoms with E-state index in [2.05, 4.69) is 5.32 Å². The summed E-state index contributed by atoms with van der Waals surface area (Å²) in [4.78, 5) is 23.8. The summed E-state index contributed by atoms with van der Waals surface area (Å²) in [6.07, 6.45) is 6.66. The summed E-state index contributed by atoms with van der Waals surface area (Å²) in [5.41, 5.74) is -0.660. The largest absolute Gasteiger partial charge is 0.480 e. The maximum atomic E-state index is 11.6. The fourth-order valence-corrected chi connectivity index (χ4v) is 2.13. The normalized spacial score (nSPS) is 13.4. The van der Waals surface area contributed by atoms with E-state index in [1.54, 1.807) is 44.3 Å². The van der Waals surface area contributed by atoms with Crippen LogP contribution in [0.2, 0.25) is 0 Å². The van der Waals surface area contributed by atoms with Gasteiger partial charge in [-0.15, -0.1) is 11.3 Å². The van der Waals surface area contributed by atoms with Gasteiger partial charge in [-0.2, -0.15) is 0 Å². The molecule has 0 fully saturated rings. The van der Waals surface area contributed by atoms with Crippen LogP contribution in [0.15, 0.2) is 35.7 Å². The number of nitrogens with one attached hydrogen (secondary N) is 1. The number of thiophene rings is 1. The van der Waals surface area contributed by atoms with Gasteiger partial charge in [0.25, 0.3) is 0 Å². The molecule has 6 heteroatoms. The topological polar surface area (TPSA) is 75.6 Å². The third-order valence-corrected chi connectivity index (χ3v) is 3.25. The van der Waals surface area contributed by atoms with Crippen molar-refractivity contribution in [1.29, 1.82) is 0 Å². The summed E-state index contributed by atoms with van der Waals surface area (Å²) >= 11 is 1.62. The van der Waals surface area contributed by atoms with Crippen molar-refractivity contribution in [3.8, 4) is 0 Å². The minimum absolute atomic E-state index is 0.184. The second-order valence-corrected chi connectivity index (χ2v) is 6.55. The van der Waals surface area contributed by atoms with Gasteiger partial charge in [-0.05, 0) is 44.7 Å². The van der Waals surface area contributed by atoms with Crippen molar-refractivity contribution in [2.24, 2.45) is 0 Å². The van der Waals surface area contributed by atoms with Crippen LogP contribution in [0.25, 0.3) is 6.08 Å². The quantitative estimate of drug-likeness (QED) is 0.783. The van der Waals surface area contributed by atoms with Crippen molar-refractivity contribution in [2.45, 2.75) is 38.8 Å². The van der Waals surface area contributed by atoms with Crippen LogP contribution in [0.3, 0.4) is 0 Å². The first-order valence-corrected chi connectivity index (χ1v) is 7.75. The van der Waals surface area contributed by atoms with Gasteiger partial charge in [0, 0.05) is 4.88 Å². The van der Waals surface area contributed by atoms with Crippen LogP contribution in [0.4, 0.5) is 4.79 Å². The number of carboxylic acids is 1. The maximum Gasteiger partial charge on any atom is 0.408 e. The van der Waals surface area contributed by atoms with E-state index in [0.29, 0.717) is 0 Å². The van der Waals surface area contributed by atoms with Crippen LogP contribution in [0.5, 0.6) is 0 Å². The molecule has 0 unspecified atom stereocenters. The number of alkyl carbamates (subject to hydrolysis) is 1. The summed E-state index contributed by atoms with van der Waals surface area (Å²) in [6.45, 7) is 5.16. The van der Waals surface area contributed by atoms with E-state index in [1.165, 1.54) is 0 Å². The van der Waals surface area contributed by atoms with Crippen LogP contribution in [-0.4, -0.2) is 28.8 Å². The van der Waals surface area contributed by atoms with Gasteiger partial charge < -0.3 is 15.2 Å². The summed E-state index contributed by atoms with van der Waals surface area (Å²) in [5.74, 6) is -1.10. The van der Waals surface area contributed by atoms with E-state index in [-0.39, 0.29) is 6.42 Å². The Morgan fingerprint density at radius 2 is 2.14 bits per heavy atom. The Bertz CT molecular complexity index is 541. The smallest absolute Gasteiger partial charge is 0.408 e. The predicted octanol–water partition coefficient (Wildman–Crippen LogP) is 3.69. The number of hydrogen-bond acceptors (Lipinski definition) is 4. The van der Waals surface area contributed by atoms with Crippen LogP contribution in [0, 0.1) is 0 Å². The van der Waals surface area contributed by atoms with E-state index in [1.807, 2.05) is 29.7 Å². The molecule has 1 aromatic rings. The summed E-state index contributed by atoms with van der Waals surface area (Å²) in [6, 6.07) is 2.93. The minimum Gasteiger partial charge on any atom is -0.480 e. The molecule has 0 aromatic carbocycles. The van der Waals surface area contributed by atoms with Gasteiger partial charge in [0.2, 0.25) is 0 Å². The molecule has 0 saturated heterocycles. The van der Waals surface area contributed by atoms with Gasteiger partial charge in [0.1, 0.15) is 11.6 Å². The van der Waals surface area contributed by atoms with Crippen molar-refractivity contribution >= 4 is 29.5 Å². The Hall–Kier alpha value is -2.08. The van der Waals surface area contributed by atoms with Gasteiger partial charge >= 0.3 is 12.1 Å². The third kappa shape index (κ3) is 7.64. The van der Waals surface area contributed by atoms with Gasteiger partial charge in [-0.3, -0.25) is 0 Å². The molecule has 1 atom stereocenters. The molecule has 0 aliphatic heterocycles. The number of carboxylic acid groups (broad SMARTS) is 1. The average molecular weight is 323 g/mol. The molecule has 0 saturated carbocycles. The molecule has 0 spiro atoms. The van der Waals surface area contributed by atoms with Crippen molar-refractivity contribution in [2.75, 3.05) is 0 Å². The highest BCUT2D eigenvalue weighted by molar-refractivity contribution is 7.10. The lowest BCUT2D eigenvalue weighted by atomic mass is 10.2. The number of ether oxygens (including phenoxy) is 1. The number of aliphatic carboxylic acids is 1. The summed E-state index contributed by atoms with van der Waals surface area (Å²) < 4.78 is 5.04. The van der Waals surface area contributed by atoms with Crippen LogP contribution in [0.1, 0.15) is 32.1 Å². The number of hydrogen-bond donors (Lipinski definition) is 2. The summed E-state index contributed by atoms with van der Waals surface area (Å²) in [5, 5.41) is 13.4. The Morgan fingerprint density at radius 3 is 2.68 bits per heavy atom. The molecule has 0 aliphatic rings. The van der Waals surface area contributed by atoms with Gasteiger partial charge in [-0.1, -0.05) is 24.3 Å². The van der Waals surface area contributed by atoms with Crippen molar-refractivity contribution in [3.63, 3.8) is 0 Å². The standard InChI is InChI=1S/C16H21NO4S/c1-16(2,3)21-15(20)17-13(14(18)19)10-6-4-5-8-12-9-7-11-22-12/h4-9,11,13H,10H2,1-3H3,(H,17,20)(H,18,19)/b6-4+,8-5+/t13-/m0/s1. The van der Waals surface area contributed by atoms with E-state index >= 15 is 0 Å². The zero-order chi connectivity index (χ0) is 16.6. The average Bonchev–Trinajstić information content (AvgIpc) is 2.87. The number of rotatable bonds is 6. The highest BCUT2D eigenvalue weighted by Gasteiger charge is 2.22. The highest BCUT2D eigenvalue weighted by atomic mass is 32.1. The molecule has 1 heterocycles. The molecule has 22 heavy (non-hydrogen) atoms. The molecule has 0 bridgehead atoms. The van der Waals surface area contributed by atoms with Crippen molar-refractivity contribution in [1.82, 2.24) is 5.32 Å². The van der Waals surface area contributed by atoms with Crippen LogP contribution < -0.4 is 5.32 Å². The first kappa shape index (κ1) is 18.0. The van der Waals surface area contributed by atoms with Gasteiger partial charge in [0.05, 0.1) is 0 Å². The molecule has 0 radical (unpaired) electrons. The Balaban J connectivity index is 2.47. The molecule has 1 rings (SSSR count). The Kier molecular flexibility index (Phi) is 6.85. The fraction of sp³-hybridized carbons (Fsp3) is 0.375. The first-order chi connectivity index (χ1) is 10.3. The number of carbonyl (C=O) groups excluding carboxylic acids is 1. The van der Waals surface area contributed by atoms with Crippen LogP contribution in [-0.2, 0) is 9.53 Å². The Labute approximate surface area is 134 Å².